The Labute approximate surface area is 110 Å². The molecular formula is C13H20O4S. The molecule has 0 unspecified atom stereocenters. The SMILES string of the molecule is C=CCOS(=O)(=O)OC(CC=C)(CC=C)CC=C. The van der Waals surface area contributed by atoms with Gasteiger partial charge < -0.3 is 0 Å². The van der Waals surface area contributed by atoms with E-state index in [1.54, 1.807) is 18.2 Å². The van der Waals surface area contributed by atoms with Crippen molar-refractivity contribution >= 4 is 10.4 Å². The van der Waals surface area contributed by atoms with Gasteiger partial charge in [0, 0.05) is 0 Å². The van der Waals surface area contributed by atoms with Gasteiger partial charge in [-0.15, -0.1) is 26.3 Å². The molecule has 0 bridgehead atoms. The lowest BCUT2D eigenvalue weighted by Crippen LogP contribution is -2.34. The van der Waals surface area contributed by atoms with E-state index in [1.165, 1.54) is 6.08 Å². The lowest BCUT2D eigenvalue weighted by molar-refractivity contribution is 0.0630. The molecule has 0 saturated heterocycles. The minimum atomic E-state index is -4.08. The van der Waals surface area contributed by atoms with Gasteiger partial charge in [-0.3, -0.25) is 0 Å². The smallest absolute Gasteiger partial charge is 0.244 e. The normalized spacial score (nSPS) is 11.8. The average Bonchev–Trinajstić information content (AvgIpc) is 2.27. The molecule has 0 aromatic rings. The van der Waals surface area contributed by atoms with Crippen LogP contribution in [0.1, 0.15) is 19.3 Å². The van der Waals surface area contributed by atoms with E-state index in [2.05, 4.69) is 30.5 Å². The molecule has 0 heterocycles. The fourth-order valence-corrected chi connectivity index (χ4v) is 2.46. The van der Waals surface area contributed by atoms with Crippen molar-refractivity contribution < 1.29 is 16.8 Å². The van der Waals surface area contributed by atoms with Crippen molar-refractivity contribution in [2.75, 3.05) is 6.61 Å². The van der Waals surface area contributed by atoms with Crippen LogP contribution in [-0.2, 0) is 18.8 Å². The van der Waals surface area contributed by atoms with Gasteiger partial charge in [0.1, 0.15) is 5.60 Å². The van der Waals surface area contributed by atoms with E-state index >= 15 is 0 Å². The van der Waals surface area contributed by atoms with Crippen molar-refractivity contribution in [1.82, 2.24) is 0 Å². The first-order valence-corrected chi connectivity index (χ1v) is 6.82. The molecule has 0 amide bonds. The molecule has 0 aliphatic rings. The van der Waals surface area contributed by atoms with Crippen LogP contribution in [-0.4, -0.2) is 20.6 Å². The van der Waals surface area contributed by atoms with E-state index < -0.39 is 16.0 Å². The summed E-state index contributed by atoms with van der Waals surface area (Å²) in [6, 6.07) is 0. The lowest BCUT2D eigenvalue weighted by atomic mass is 9.92. The van der Waals surface area contributed by atoms with Crippen LogP contribution >= 0.6 is 0 Å². The number of hydrogen-bond donors (Lipinski definition) is 0. The zero-order valence-electron chi connectivity index (χ0n) is 10.5. The maximum atomic E-state index is 11.6. The Morgan fingerprint density at radius 2 is 1.33 bits per heavy atom. The van der Waals surface area contributed by atoms with Crippen molar-refractivity contribution in [3.63, 3.8) is 0 Å². The third-order valence-corrected chi connectivity index (χ3v) is 3.14. The predicted molar refractivity (Wildman–Crippen MR) is 73.3 cm³/mol. The fraction of sp³-hybridized carbons (Fsp3) is 0.385. The maximum absolute atomic E-state index is 11.6. The van der Waals surface area contributed by atoms with Gasteiger partial charge in [0.05, 0.1) is 6.61 Å². The fourth-order valence-electron chi connectivity index (χ4n) is 1.51. The summed E-state index contributed by atoms with van der Waals surface area (Å²) in [6.45, 7) is 14.1. The Morgan fingerprint density at radius 3 is 1.67 bits per heavy atom. The van der Waals surface area contributed by atoms with Crippen LogP contribution in [0.4, 0.5) is 0 Å². The number of rotatable bonds is 11. The number of hydrogen-bond acceptors (Lipinski definition) is 4. The minimum absolute atomic E-state index is 0.130. The van der Waals surface area contributed by atoms with E-state index in [1.807, 2.05) is 0 Å². The highest BCUT2D eigenvalue weighted by Crippen LogP contribution is 2.29. The molecule has 4 nitrogen and oxygen atoms in total. The first-order valence-electron chi connectivity index (χ1n) is 5.49. The molecule has 0 saturated carbocycles. The molecule has 102 valence electrons. The third kappa shape index (κ3) is 5.95. The molecule has 0 aromatic heterocycles. The molecule has 0 aromatic carbocycles. The van der Waals surface area contributed by atoms with E-state index in [0.29, 0.717) is 19.3 Å². The topological polar surface area (TPSA) is 52.6 Å². The van der Waals surface area contributed by atoms with Crippen LogP contribution in [0.3, 0.4) is 0 Å². The summed E-state index contributed by atoms with van der Waals surface area (Å²) in [5, 5.41) is 0. The Balaban J connectivity index is 5.05. The van der Waals surface area contributed by atoms with Crippen LogP contribution in [0.15, 0.2) is 50.6 Å². The van der Waals surface area contributed by atoms with Crippen LogP contribution < -0.4 is 0 Å². The van der Waals surface area contributed by atoms with Gasteiger partial charge >= 0.3 is 10.4 Å². The average molecular weight is 272 g/mol. The van der Waals surface area contributed by atoms with Gasteiger partial charge in [-0.2, -0.15) is 8.42 Å². The molecule has 5 heteroatoms. The Morgan fingerprint density at radius 1 is 0.889 bits per heavy atom. The highest BCUT2D eigenvalue weighted by atomic mass is 32.3. The predicted octanol–water partition coefficient (Wildman–Crippen LogP) is 2.92. The zero-order chi connectivity index (χ0) is 14.1. The standard InChI is InChI=1S/C13H20O4S/c1-5-9-13(10-6-2,11-7-3)17-18(14,15)16-12-8-4/h5-8H,1-4,9-12H2. The van der Waals surface area contributed by atoms with Crippen LogP contribution in [0.5, 0.6) is 0 Å². The quantitative estimate of drug-likeness (QED) is 0.543. The van der Waals surface area contributed by atoms with Gasteiger partial charge in [-0.05, 0) is 19.3 Å². The Bertz CT molecular complexity index is 369. The van der Waals surface area contributed by atoms with Crippen molar-refractivity contribution in [2.24, 2.45) is 0 Å². The van der Waals surface area contributed by atoms with Crippen molar-refractivity contribution in [3.05, 3.63) is 50.6 Å². The third-order valence-electron chi connectivity index (χ3n) is 2.16. The zero-order valence-corrected chi connectivity index (χ0v) is 11.3. The van der Waals surface area contributed by atoms with Gasteiger partial charge in [-0.1, -0.05) is 24.3 Å². The van der Waals surface area contributed by atoms with Gasteiger partial charge in [0.15, 0.2) is 0 Å². The summed E-state index contributed by atoms with van der Waals surface area (Å²) in [5.41, 5.74) is -0.967. The molecule has 0 aliphatic heterocycles. The van der Waals surface area contributed by atoms with E-state index in [-0.39, 0.29) is 6.61 Å². The largest absolute Gasteiger partial charge is 0.400 e. The molecule has 0 spiro atoms. The van der Waals surface area contributed by atoms with Crippen molar-refractivity contribution in [2.45, 2.75) is 24.9 Å². The second-order valence-electron chi connectivity index (χ2n) is 3.73. The van der Waals surface area contributed by atoms with Crippen LogP contribution in [0, 0.1) is 0 Å². The molecule has 0 atom stereocenters. The Hall–Kier alpha value is -1.17. The molecule has 0 rings (SSSR count). The molecule has 0 fully saturated rings. The molecule has 0 radical (unpaired) electrons. The molecule has 18 heavy (non-hydrogen) atoms. The molecule has 0 N–H and O–H groups in total. The van der Waals surface area contributed by atoms with Gasteiger partial charge in [0.25, 0.3) is 0 Å². The molecule has 0 aliphatic carbocycles. The lowest BCUT2D eigenvalue weighted by Gasteiger charge is -2.29. The van der Waals surface area contributed by atoms with Crippen molar-refractivity contribution in [1.29, 1.82) is 0 Å². The first-order chi connectivity index (χ1) is 8.45. The monoisotopic (exact) mass is 272 g/mol. The highest BCUT2D eigenvalue weighted by molar-refractivity contribution is 7.81. The van der Waals surface area contributed by atoms with E-state index in [9.17, 15) is 8.42 Å². The summed E-state index contributed by atoms with van der Waals surface area (Å²) < 4.78 is 33.0. The van der Waals surface area contributed by atoms with Crippen LogP contribution in [0.25, 0.3) is 0 Å². The van der Waals surface area contributed by atoms with Gasteiger partial charge in [-0.25, -0.2) is 8.37 Å². The van der Waals surface area contributed by atoms with Crippen molar-refractivity contribution in [3.8, 4) is 0 Å². The molecular weight excluding hydrogens is 252 g/mol. The highest BCUT2D eigenvalue weighted by Gasteiger charge is 2.33. The maximum Gasteiger partial charge on any atom is 0.400 e. The summed E-state index contributed by atoms with van der Waals surface area (Å²) >= 11 is 0. The van der Waals surface area contributed by atoms with E-state index in [0.717, 1.165) is 0 Å². The summed E-state index contributed by atoms with van der Waals surface area (Å²) in [4.78, 5) is 0. The Kier molecular flexibility index (Phi) is 7.50. The second kappa shape index (κ2) is 8.02. The summed E-state index contributed by atoms with van der Waals surface area (Å²) in [5.74, 6) is 0. The van der Waals surface area contributed by atoms with Gasteiger partial charge in [0.2, 0.25) is 0 Å². The first kappa shape index (κ1) is 16.8. The summed E-state index contributed by atoms with van der Waals surface area (Å²) in [6.07, 6.45) is 7.16. The second-order valence-corrected chi connectivity index (χ2v) is 4.95. The summed E-state index contributed by atoms with van der Waals surface area (Å²) in [7, 11) is -4.08. The minimum Gasteiger partial charge on any atom is -0.244 e. The van der Waals surface area contributed by atoms with Crippen LogP contribution in [0.2, 0.25) is 0 Å². The van der Waals surface area contributed by atoms with E-state index in [4.69, 9.17) is 4.18 Å².